The molecular weight excluding hydrogens is 362 g/mol. The van der Waals surface area contributed by atoms with Crippen LogP contribution in [0.15, 0.2) is 24.3 Å². The molecule has 8 nitrogen and oxygen atoms in total. The summed E-state index contributed by atoms with van der Waals surface area (Å²) in [6.07, 6.45) is 1.74. The van der Waals surface area contributed by atoms with Gasteiger partial charge in [-0.15, -0.1) is 0 Å². The van der Waals surface area contributed by atoms with Crippen LogP contribution in [-0.2, 0) is 25.5 Å². The van der Waals surface area contributed by atoms with Crippen molar-refractivity contribution in [3.05, 3.63) is 35.4 Å². The second-order valence-electron chi connectivity index (χ2n) is 7.73. The fourth-order valence-corrected chi connectivity index (χ4v) is 3.57. The third kappa shape index (κ3) is 4.00. The van der Waals surface area contributed by atoms with Gasteiger partial charge >= 0.3 is 12.0 Å². The Balaban J connectivity index is 1.56. The fraction of sp³-hybridized carbons (Fsp3) is 0.500. The molecular formula is C20H25N3O5. The summed E-state index contributed by atoms with van der Waals surface area (Å²) in [5, 5.41) is 5.42. The molecule has 0 radical (unpaired) electrons. The molecule has 150 valence electrons. The molecule has 1 aromatic carbocycles. The highest BCUT2D eigenvalue weighted by atomic mass is 16.5. The zero-order valence-electron chi connectivity index (χ0n) is 16.3. The number of nitrogens with zero attached hydrogens (tertiary/aromatic N) is 1. The van der Waals surface area contributed by atoms with Crippen molar-refractivity contribution >= 4 is 23.8 Å². The van der Waals surface area contributed by atoms with Gasteiger partial charge in [0.05, 0.1) is 6.04 Å². The van der Waals surface area contributed by atoms with Crippen LogP contribution >= 0.6 is 0 Å². The number of aryl methyl sites for hydroxylation is 1. The molecule has 28 heavy (non-hydrogen) atoms. The van der Waals surface area contributed by atoms with Crippen molar-refractivity contribution in [2.45, 2.75) is 57.7 Å². The first-order chi connectivity index (χ1) is 13.2. The van der Waals surface area contributed by atoms with Gasteiger partial charge in [0.2, 0.25) is 0 Å². The number of fused-ring (bicyclic) bond motifs is 1. The van der Waals surface area contributed by atoms with Crippen LogP contribution < -0.4 is 10.6 Å². The van der Waals surface area contributed by atoms with Gasteiger partial charge in [-0.25, -0.2) is 4.79 Å². The van der Waals surface area contributed by atoms with E-state index in [9.17, 15) is 19.2 Å². The maximum Gasteiger partial charge on any atom is 0.327 e. The lowest BCUT2D eigenvalue weighted by Gasteiger charge is -2.27. The minimum absolute atomic E-state index is 0.120. The average molecular weight is 387 g/mol. The maximum absolute atomic E-state index is 12.5. The third-order valence-electron chi connectivity index (χ3n) is 5.09. The van der Waals surface area contributed by atoms with Gasteiger partial charge in [0, 0.05) is 0 Å². The van der Waals surface area contributed by atoms with Crippen LogP contribution in [0.3, 0.4) is 0 Å². The summed E-state index contributed by atoms with van der Waals surface area (Å²) >= 11 is 0. The van der Waals surface area contributed by atoms with E-state index in [0.717, 1.165) is 29.7 Å². The quantitative estimate of drug-likeness (QED) is 0.588. The van der Waals surface area contributed by atoms with E-state index in [1.807, 2.05) is 18.2 Å². The molecule has 1 aliphatic carbocycles. The van der Waals surface area contributed by atoms with Crippen molar-refractivity contribution in [1.29, 1.82) is 0 Å². The molecule has 4 amide bonds. The van der Waals surface area contributed by atoms with E-state index in [1.165, 1.54) is 12.5 Å². The first kappa shape index (κ1) is 19.9. The Morgan fingerprint density at radius 3 is 2.71 bits per heavy atom. The van der Waals surface area contributed by atoms with E-state index in [0.29, 0.717) is 0 Å². The molecule has 8 heteroatoms. The number of rotatable bonds is 5. The largest absolute Gasteiger partial charge is 0.451 e. The molecule has 1 heterocycles. The highest BCUT2D eigenvalue weighted by molar-refractivity contribution is 6.08. The Bertz CT molecular complexity index is 820. The predicted molar refractivity (Wildman–Crippen MR) is 100 cm³/mol. The van der Waals surface area contributed by atoms with Crippen molar-refractivity contribution in [3.63, 3.8) is 0 Å². The zero-order chi connectivity index (χ0) is 20.5. The number of hydrogen-bond acceptors (Lipinski definition) is 5. The van der Waals surface area contributed by atoms with Crippen molar-refractivity contribution < 1.29 is 23.9 Å². The minimum atomic E-state index is -1.06. The zero-order valence-corrected chi connectivity index (χ0v) is 16.3. The lowest BCUT2D eigenvalue weighted by atomic mass is 9.87. The van der Waals surface area contributed by atoms with Gasteiger partial charge in [-0.05, 0) is 51.2 Å². The number of ether oxygens (including phenoxy) is 1. The summed E-state index contributed by atoms with van der Waals surface area (Å²) < 4.78 is 5.14. The number of carbonyl (C=O) groups excluding carboxylic acids is 4. The number of benzene rings is 1. The second kappa shape index (κ2) is 7.61. The normalized spacial score (nSPS) is 21.5. The minimum Gasteiger partial charge on any atom is -0.451 e. The smallest absolute Gasteiger partial charge is 0.327 e. The van der Waals surface area contributed by atoms with Crippen molar-refractivity contribution in [2.75, 3.05) is 6.54 Å². The number of carbonyl (C=O) groups is 4. The van der Waals surface area contributed by atoms with Gasteiger partial charge in [0.1, 0.15) is 12.1 Å². The van der Waals surface area contributed by atoms with Gasteiger partial charge in [0.15, 0.2) is 6.10 Å². The molecule has 3 rings (SSSR count). The maximum atomic E-state index is 12.5. The van der Waals surface area contributed by atoms with Gasteiger partial charge < -0.3 is 15.4 Å². The number of nitrogens with one attached hydrogen (secondary N) is 2. The van der Waals surface area contributed by atoms with Crippen LogP contribution in [0, 0.1) is 0 Å². The molecule has 1 saturated heterocycles. The average Bonchev–Trinajstić information content (AvgIpc) is 2.83. The van der Waals surface area contributed by atoms with Crippen LogP contribution in [0.5, 0.6) is 0 Å². The highest BCUT2D eigenvalue weighted by Crippen LogP contribution is 2.29. The molecule has 0 aromatic heterocycles. The molecule has 0 unspecified atom stereocenters. The van der Waals surface area contributed by atoms with Crippen LogP contribution in [0.4, 0.5) is 4.79 Å². The predicted octanol–water partition coefficient (Wildman–Crippen LogP) is 1.44. The van der Waals surface area contributed by atoms with Gasteiger partial charge in [-0.2, -0.15) is 0 Å². The molecule has 2 aliphatic rings. The summed E-state index contributed by atoms with van der Waals surface area (Å²) in [4.78, 5) is 49.4. The van der Waals surface area contributed by atoms with Crippen LogP contribution in [0.2, 0.25) is 0 Å². The van der Waals surface area contributed by atoms with E-state index in [-0.39, 0.29) is 6.04 Å². The Morgan fingerprint density at radius 2 is 2.04 bits per heavy atom. The van der Waals surface area contributed by atoms with E-state index in [1.54, 1.807) is 13.8 Å². The number of amides is 4. The Labute approximate surface area is 163 Å². The monoisotopic (exact) mass is 387 g/mol. The summed E-state index contributed by atoms with van der Waals surface area (Å²) in [5.41, 5.74) is 1.24. The number of imide groups is 1. The SMILES string of the molecule is C[C@@H](OC(=O)CN1C(=O)NC(C)(C)C1=O)C(=O)N[C@@H]1CCCc2ccccc21. The third-order valence-corrected chi connectivity index (χ3v) is 5.09. The Kier molecular flexibility index (Phi) is 5.40. The van der Waals surface area contributed by atoms with Gasteiger partial charge in [0.25, 0.3) is 11.8 Å². The molecule has 0 spiro atoms. The summed E-state index contributed by atoms with van der Waals surface area (Å²) in [5.74, 6) is -1.73. The van der Waals surface area contributed by atoms with Crippen molar-refractivity contribution in [2.24, 2.45) is 0 Å². The van der Waals surface area contributed by atoms with E-state index in [4.69, 9.17) is 4.74 Å². The second-order valence-corrected chi connectivity index (χ2v) is 7.73. The molecule has 1 aliphatic heterocycles. The van der Waals surface area contributed by atoms with E-state index < -0.39 is 42.0 Å². The van der Waals surface area contributed by atoms with Gasteiger partial charge in [-0.1, -0.05) is 24.3 Å². The van der Waals surface area contributed by atoms with Crippen LogP contribution in [-0.4, -0.2) is 46.9 Å². The molecule has 2 N–H and O–H groups in total. The number of urea groups is 1. The van der Waals surface area contributed by atoms with Crippen LogP contribution in [0.1, 0.15) is 50.8 Å². The van der Waals surface area contributed by atoms with Gasteiger partial charge in [-0.3, -0.25) is 19.3 Å². The molecule has 1 fully saturated rings. The summed E-state index contributed by atoms with van der Waals surface area (Å²) in [6, 6.07) is 7.19. The standard InChI is InChI=1S/C20H25N3O5/c1-12(28-16(24)11-23-18(26)20(2,3)22-19(23)27)17(25)21-15-10-6-8-13-7-4-5-9-14(13)15/h4-5,7,9,12,15H,6,8,10-11H2,1-3H3,(H,21,25)(H,22,27)/t12-,15-/m1/s1. The number of esters is 1. The lowest BCUT2D eigenvalue weighted by Crippen LogP contribution is -2.43. The fourth-order valence-electron chi connectivity index (χ4n) is 3.57. The Hall–Kier alpha value is -2.90. The molecule has 0 bridgehead atoms. The summed E-state index contributed by atoms with van der Waals surface area (Å²) in [7, 11) is 0. The lowest BCUT2D eigenvalue weighted by molar-refractivity contribution is -0.156. The summed E-state index contributed by atoms with van der Waals surface area (Å²) in [6.45, 7) is 4.04. The molecule has 2 atom stereocenters. The van der Waals surface area contributed by atoms with Crippen molar-refractivity contribution in [1.82, 2.24) is 15.5 Å². The molecule has 0 saturated carbocycles. The van der Waals surface area contributed by atoms with Crippen LogP contribution in [0.25, 0.3) is 0 Å². The highest BCUT2D eigenvalue weighted by Gasteiger charge is 2.45. The topological polar surface area (TPSA) is 105 Å². The first-order valence-electron chi connectivity index (χ1n) is 9.41. The van der Waals surface area contributed by atoms with E-state index >= 15 is 0 Å². The van der Waals surface area contributed by atoms with E-state index in [2.05, 4.69) is 16.7 Å². The number of hydrogen-bond donors (Lipinski definition) is 2. The first-order valence-corrected chi connectivity index (χ1v) is 9.41. The van der Waals surface area contributed by atoms with Crippen molar-refractivity contribution in [3.8, 4) is 0 Å². The molecule has 1 aromatic rings. The Morgan fingerprint density at radius 1 is 1.32 bits per heavy atom.